The molecule has 3 rings (SSSR count). The standard InChI is InChI=1S/C18H19N3O5/c1-24-14-5-6-15(25-2)13(12-14)4-7-17(22)20-10-3-11-21(20)18(23)16-8-9-19-26-16/h4-9,12H,3,10-11H2,1-2H3/b7-4+. The highest BCUT2D eigenvalue weighted by Crippen LogP contribution is 2.25. The van der Waals surface area contributed by atoms with Crippen molar-refractivity contribution in [2.45, 2.75) is 6.42 Å². The van der Waals surface area contributed by atoms with Gasteiger partial charge in [0.15, 0.2) is 0 Å². The molecule has 1 aliphatic heterocycles. The average Bonchev–Trinajstić information content (AvgIpc) is 3.37. The van der Waals surface area contributed by atoms with E-state index in [1.807, 2.05) is 0 Å². The van der Waals surface area contributed by atoms with Gasteiger partial charge in [-0.15, -0.1) is 0 Å². The molecular formula is C18H19N3O5. The Hall–Kier alpha value is -3.29. The maximum absolute atomic E-state index is 12.6. The molecule has 0 aliphatic carbocycles. The van der Waals surface area contributed by atoms with E-state index in [0.29, 0.717) is 36.6 Å². The van der Waals surface area contributed by atoms with Crippen LogP contribution in [0.2, 0.25) is 0 Å². The summed E-state index contributed by atoms with van der Waals surface area (Å²) in [6, 6.07) is 6.78. The smallest absolute Gasteiger partial charge is 0.311 e. The molecular weight excluding hydrogens is 338 g/mol. The zero-order valence-electron chi connectivity index (χ0n) is 14.5. The fourth-order valence-corrected chi connectivity index (χ4v) is 2.72. The van der Waals surface area contributed by atoms with E-state index in [1.54, 1.807) is 38.5 Å². The molecule has 1 saturated heterocycles. The summed E-state index contributed by atoms with van der Waals surface area (Å²) < 4.78 is 15.4. The highest BCUT2D eigenvalue weighted by molar-refractivity contribution is 5.97. The number of rotatable bonds is 5. The lowest BCUT2D eigenvalue weighted by atomic mass is 10.1. The number of amides is 2. The van der Waals surface area contributed by atoms with Crippen molar-refractivity contribution in [3.8, 4) is 11.5 Å². The van der Waals surface area contributed by atoms with E-state index in [2.05, 4.69) is 5.16 Å². The third-order valence-corrected chi connectivity index (χ3v) is 4.01. The van der Waals surface area contributed by atoms with Crippen molar-refractivity contribution in [2.75, 3.05) is 27.3 Å². The van der Waals surface area contributed by atoms with E-state index in [1.165, 1.54) is 28.4 Å². The van der Waals surface area contributed by atoms with E-state index < -0.39 is 0 Å². The molecule has 2 heterocycles. The summed E-state index contributed by atoms with van der Waals surface area (Å²) in [5.41, 5.74) is 0.701. The van der Waals surface area contributed by atoms with Crippen LogP contribution >= 0.6 is 0 Å². The molecule has 8 nitrogen and oxygen atoms in total. The van der Waals surface area contributed by atoms with Gasteiger partial charge in [0.25, 0.3) is 5.91 Å². The van der Waals surface area contributed by atoms with Crippen molar-refractivity contribution in [3.05, 3.63) is 47.9 Å². The molecule has 0 N–H and O–H groups in total. The van der Waals surface area contributed by atoms with Crippen molar-refractivity contribution in [1.82, 2.24) is 15.2 Å². The first-order valence-electron chi connectivity index (χ1n) is 8.08. The van der Waals surface area contributed by atoms with Gasteiger partial charge in [-0.25, -0.2) is 10.0 Å². The van der Waals surface area contributed by atoms with Crippen LogP contribution in [0.25, 0.3) is 6.08 Å². The number of aromatic nitrogens is 1. The topological polar surface area (TPSA) is 85.1 Å². The molecule has 26 heavy (non-hydrogen) atoms. The molecule has 8 heteroatoms. The maximum atomic E-state index is 12.6. The van der Waals surface area contributed by atoms with Gasteiger partial charge >= 0.3 is 5.91 Å². The fourth-order valence-electron chi connectivity index (χ4n) is 2.72. The van der Waals surface area contributed by atoms with Crippen molar-refractivity contribution in [2.24, 2.45) is 0 Å². The Morgan fingerprint density at radius 2 is 1.96 bits per heavy atom. The van der Waals surface area contributed by atoms with E-state index in [4.69, 9.17) is 14.0 Å². The minimum absolute atomic E-state index is 0.100. The lowest BCUT2D eigenvalue weighted by Gasteiger charge is -2.25. The summed E-state index contributed by atoms with van der Waals surface area (Å²) in [6.45, 7) is 0.903. The van der Waals surface area contributed by atoms with Crippen LogP contribution in [-0.4, -0.2) is 54.3 Å². The molecule has 0 atom stereocenters. The minimum Gasteiger partial charge on any atom is -0.497 e. The zero-order chi connectivity index (χ0) is 18.5. The Morgan fingerprint density at radius 3 is 2.65 bits per heavy atom. The van der Waals surface area contributed by atoms with Crippen molar-refractivity contribution >= 4 is 17.9 Å². The van der Waals surface area contributed by atoms with Gasteiger partial charge < -0.3 is 14.0 Å². The summed E-state index contributed by atoms with van der Waals surface area (Å²) in [5.74, 6) is 0.677. The Bertz CT molecular complexity index is 816. The first-order chi connectivity index (χ1) is 12.6. The van der Waals surface area contributed by atoms with Gasteiger partial charge in [-0.1, -0.05) is 5.16 Å². The molecule has 0 unspecified atom stereocenters. The van der Waals surface area contributed by atoms with Crippen molar-refractivity contribution < 1.29 is 23.6 Å². The summed E-state index contributed by atoms with van der Waals surface area (Å²) in [4.78, 5) is 25.0. The average molecular weight is 357 g/mol. The zero-order valence-corrected chi connectivity index (χ0v) is 14.5. The number of carbonyl (C=O) groups excluding carboxylic acids is 2. The molecule has 0 spiro atoms. The van der Waals surface area contributed by atoms with Crippen LogP contribution in [0.15, 0.2) is 41.1 Å². The Balaban J connectivity index is 1.77. The quantitative estimate of drug-likeness (QED) is 0.761. The predicted molar refractivity (Wildman–Crippen MR) is 92.4 cm³/mol. The number of hydrogen-bond acceptors (Lipinski definition) is 6. The lowest BCUT2D eigenvalue weighted by molar-refractivity contribution is -0.135. The molecule has 1 aliphatic rings. The number of nitrogens with zero attached hydrogens (tertiary/aromatic N) is 3. The minimum atomic E-state index is -0.388. The molecule has 136 valence electrons. The highest BCUT2D eigenvalue weighted by Gasteiger charge is 2.31. The predicted octanol–water partition coefficient (Wildman–Crippen LogP) is 1.99. The molecule has 0 saturated carbocycles. The third-order valence-electron chi connectivity index (χ3n) is 4.01. The Morgan fingerprint density at radius 1 is 1.15 bits per heavy atom. The largest absolute Gasteiger partial charge is 0.497 e. The fraction of sp³-hybridized carbons (Fsp3) is 0.278. The molecule has 1 aromatic heterocycles. The van der Waals surface area contributed by atoms with Gasteiger partial charge in [-0.05, 0) is 30.7 Å². The number of methoxy groups -OCH3 is 2. The van der Waals surface area contributed by atoms with Gasteiger partial charge in [0, 0.05) is 30.8 Å². The molecule has 0 bridgehead atoms. The second kappa shape index (κ2) is 7.73. The van der Waals surface area contributed by atoms with Crippen LogP contribution in [0.5, 0.6) is 11.5 Å². The second-order valence-corrected chi connectivity index (χ2v) is 5.56. The van der Waals surface area contributed by atoms with Crippen LogP contribution < -0.4 is 9.47 Å². The lowest BCUT2D eigenvalue weighted by Crippen LogP contribution is -2.44. The van der Waals surface area contributed by atoms with E-state index in [9.17, 15) is 9.59 Å². The SMILES string of the molecule is COc1ccc(OC)c(/C=C/C(=O)N2CCCN2C(=O)c2ccno2)c1. The first-order valence-corrected chi connectivity index (χ1v) is 8.08. The van der Waals surface area contributed by atoms with Gasteiger partial charge in [-0.2, -0.15) is 0 Å². The second-order valence-electron chi connectivity index (χ2n) is 5.56. The van der Waals surface area contributed by atoms with Crippen molar-refractivity contribution in [1.29, 1.82) is 0 Å². The first kappa shape index (κ1) is 17.5. The molecule has 0 radical (unpaired) electrons. The van der Waals surface area contributed by atoms with Crippen LogP contribution in [0, 0.1) is 0 Å². The summed E-state index contributed by atoms with van der Waals surface area (Å²) >= 11 is 0. The van der Waals surface area contributed by atoms with Gasteiger partial charge in [0.05, 0.1) is 20.4 Å². The van der Waals surface area contributed by atoms with E-state index in [0.717, 1.165) is 0 Å². The molecule has 2 aromatic rings. The van der Waals surface area contributed by atoms with E-state index >= 15 is 0 Å². The van der Waals surface area contributed by atoms with Crippen LogP contribution in [-0.2, 0) is 4.79 Å². The van der Waals surface area contributed by atoms with Gasteiger partial charge in [0.2, 0.25) is 5.76 Å². The van der Waals surface area contributed by atoms with E-state index in [-0.39, 0.29) is 17.6 Å². The van der Waals surface area contributed by atoms with Crippen LogP contribution in [0.3, 0.4) is 0 Å². The molecule has 1 fully saturated rings. The molecule has 2 amide bonds. The third kappa shape index (κ3) is 3.53. The number of hydrazine groups is 1. The van der Waals surface area contributed by atoms with Gasteiger partial charge in [0.1, 0.15) is 11.5 Å². The highest BCUT2D eigenvalue weighted by atomic mass is 16.5. The summed E-state index contributed by atoms with van der Waals surface area (Å²) in [6.07, 6.45) is 5.13. The van der Waals surface area contributed by atoms with Crippen LogP contribution in [0.4, 0.5) is 0 Å². The Kier molecular flexibility index (Phi) is 5.21. The molecule has 1 aromatic carbocycles. The normalized spacial score (nSPS) is 14.1. The number of benzene rings is 1. The number of hydrogen-bond donors (Lipinski definition) is 0. The summed E-state index contributed by atoms with van der Waals surface area (Å²) in [7, 11) is 3.12. The monoisotopic (exact) mass is 357 g/mol. The maximum Gasteiger partial charge on any atom is 0.311 e. The number of ether oxygens (including phenoxy) is 2. The number of carbonyl (C=O) groups is 2. The Labute approximate surface area is 150 Å². The van der Waals surface area contributed by atoms with Crippen molar-refractivity contribution in [3.63, 3.8) is 0 Å². The summed E-state index contributed by atoms with van der Waals surface area (Å²) in [5, 5.41) is 6.30. The van der Waals surface area contributed by atoms with Gasteiger partial charge in [-0.3, -0.25) is 9.59 Å². The van der Waals surface area contributed by atoms with Crippen LogP contribution in [0.1, 0.15) is 22.5 Å².